The molecule has 36 heavy (non-hydrogen) atoms. The lowest BCUT2D eigenvalue weighted by Crippen LogP contribution is -2.46. The molecule has 3 rings (SSSR count). The van der Waals surface area contributed by atoms with Crippen molar-refractivity contribution >= 4 is 17.5 Å². The number of rotatable bonds is 10. The van der Waals surface area contributed by atoms with E-state index in [0.29, 0.717) is 25.7 Å². The van der Waals surface area contributed by atoms with Crippen LogP contribution in [-0.4, -0.2) is 35.4 Å². The van der Waals surface area contributed by atoms with Gasteiger partial charge in [0.05, 0.1) is 12.0 Å². The maximum absolute atomic E-state index is 14.6. The van der Waals surface area contributed by atoms with E-state index < -0.39 is 22.9 Å². The van der Waals surface area contributed by atoms with Crippen LogP contribution in [0.25, 0.3) is 0 Å². The minimum Gasteiger partial charge on any atom is -0.457 e. The van der Waals surface area contributed by atoms with E-state index in [9.17, 15) is 19.5 Å². The summed E-state index contributed by atoms with van der Waals surface area (Å²) in [5, 5.41) is 10.3. The van der Waals surface area contributed by atoms with Crippen molar-refractivity contribution in [3.05, 3.63) is 23.3 Å². The van der Waals surface area contributed by atoms with Crippen LogP contribution in [0.15, 0.2) is 23.3 Å². The summed E-state index contributed by atoms with van der Waals surface area (Å²) >= 11 is 0. The molecule has 1 fully saturated rings. The summed E-state index contributed by atoms with van der Waals surface area (Å²) in [6.45, 7) is 14.6. The van der Waals surface area contributed by atoms with Crippen LogP contribution >= 0.6 is 0 Å². The minimum absolute atomic E-state index is 0.0242. The lowest BCUT2D eigenvalue weighted by Gasteiger charge is -2.47. The zero-order valence-corrected chi connectivity index (χ0v) is 23.6. The van der Waals surface area contributed by atoms with Crippen LogP contribution in [0.4, 0.5) is 0 Å². The summed E-state index contributed by atoms with van der Waals surface area (Å²) in [4.78, 5) is 40.4. The van der Waals surface area contributed by atoms with E-state index in [4.69, 9.17) is 4.74 Å². The van der Waals surface area contributed by atoms with E-state index >= 15 is 0 Å². The predicted octanol–water partition coefficient (Wildman–Crippen LogP) is 6.38. The second kappa shape index (κ2) is 10.9. The van der Waals surface area contributed by atoms with Crippen molar-refractivity contribution in [1.29, 1.82) is 0 Å². The Labute approximate surface area is 218 Å². The van der Waals surface area contributed by atoms with Crippen molar-refractivity contribution in [3.63, 3.8) is 0 Å². The van der Waals surface area contributed by atoms with Gasteiger partial charge in [0.25, 0.3) is 0 Å². The molecule has 6 atom stereocenters. The molecule has 202 valence electrons. The molecule has 0 aromatic heterocycles. The molecular weight excluding hydrogens is 452 g/mol. The molecule has 1 spiro atoms. The first-order valence-electron chi connectivity index (χ1n) is 14.1. The van der Waals surface area contributed by atoms with E-state index in [1.54, 1.807) is 0 Å². The number of esters is 1. The van der Waals surface area contributed by atoms with Crippen molar-refractivity contribution in [3.8, 4) is 0 Å². The van der Waals surface area contributed by atoms with Gasteiger partial charge in [-0.25, -0.2) is 0 Å². The number of fused-ring (bicyclic) bond motifs is 1. The van der Waals surface area contributed by atoms with Crippen LogP contribution in [0.3, 0.4) is 0 Å². The number of hydrogen-bond donors (Lipinski definition) is 1. The zero-order chi connectivity index (χ0) is 26.9. The molecule has 1 N–H and O–H groups in total. The van der Waals surface area contributed by atoms with E-state index in [0.717, 1.165) is 43.3 Å². The molecule has 0 aliphatic heterocycles. The zero-order valence-electron chi connectivity index (χ0n) is 23.6. The number of ketones is 2. The quantitative estimate of drug-likeness (QED) is 0.214. The van der Waals surface area contributed by atoms with Crippen molar-refractivity contribution in [2.75, 3.05) is 6.61 Å². The highest BCUT2D eigenvalue weighted by atomic mass is 16.5. The molecule has 5 nitrogen and oxygen atoms in total. The molecule has 0 radical (unpaired) electrons. The number of Topliss-reactive ketones (excluding diaryl/α,β-unsaturated/α-hetero) is 2. The van der Waals surface area contributed by atoms with Crippen molar-refractivity contribution < 1.29 is 24.2 Å². The third-order valence-electron chi connectivity index (χ3n) is 9.96. The third-order valence-corrected chi connectivity index (χ3v) is 9.96. The molecule has 3 aliphatic carbocycles. The Kier molecular flexibility index (Phi) is 8.75. The summed E-state index contributed by atoms with van der Waals surface area (Å²) in [5.41, 5.74) is 0.138. The normalized spacial score (nSPS) is 35.3. The first-order chi connectivity index (χ1) is 16.9. The monoisotopic (exact) mass is 500 g/mol. The number of unbranched alkanes of at least 4 members (excludes halogenated alkanes) is 2. The number of aliphatic hydroxyl groups is 1. The fraction of sp³-hybridized carbons (Fsp3) is 0.774. The minimum atomic E-state index is -0.778. The smallest absolute Gasteiger partial charge is 0.306 e. The molecule has 4 unspecified atom stereocenters. The van der Waals surface area contributed by atoms with Crippen LogP contribution in [0, 0.1) is 34.0 Å². The van der Waals surface area contributed by atoms with Crippen molar-refractivity contribution in [2.45, 2.75) is 112 Å². The SMILES string of the molecule is CCCCCC(=O)OC1C(C)=CC23C(=O)C(C=C(CO)CC12)C(C)(C)[C@](C)(CC(=O)CCC)C[C@H]3C. The van der Waals surface area contributed by atoms with Crippen LogP contribution in [-0.2, 0) is 19.1 Å². The Bertz CT molecular complexity index is 927. The van der Waals surface area contributed by atoms with E-state index in [2.05, 4.69) is 40.7 Å². The van der Waals surface area contributed by atoms with Crippen LogP contribution in [0.5, 0.6) is 0 Å². The lowest BCUT2D eigenvalue weighted by molar-refractivity contribution is -0.154. The predicted molar refractivity (Wildman–Crippen MR) is 142 cm³/mol. The first-order valence-corrected chi connectivity index (χ1v) is 14.1. The molecule has 0 heterocycles. The Hall–Kier alpha value is -1.75. The number of aliphatic hydroxyl groups excluding tert-OH is 1. The number of carbonyl (C=O) groups is 3. The summed E-state index contributed by atoms with van der Waals surface area (Å²) in [7, 11) is 0. The average molecular weight is 501 g/mol. The van der Waals surface area contributed by atoms with Crippen LogP contribution in [0.1, 0.15) is 106 Å². The average Bonchev–Trinajstić information content (AvgIpc) is 2.97. The largest absolute Gasteiger partial charge is 0.457 e. The Morgan fingerprint density at radius 1 is 1.11 bits per heavy atom. The third kappa shape index (κ3) is 4.89. The summed E-state index contributed by atoms with van der Waals surface area (Å²) in [5.74, 6) is -0.481. The van der Waals surface area contributed by atoms with Crippen LogP contribution < -0.4 is 0 Å². The highest BCUT2D eigenvalue weighted by molar-refractivity contribution is 5.94. The molecule has 0 aromatic rings. The van der Waals surface area contributed by atoms with Gasteiger partial charge in [-0.05, 0) is 60.5 Å². The van der Waals surface area contributed by atoms with Gasteiger partial charge in [0, 0.05) is 31.1 Å². The van der Waals surface area contributed by atoms with Gasteiger partial charge in [-0.3, -0.25) is 14.4 Å². The molecule has 5 heteroatoms. The van der Waals surface area contributed by atoms with Crippen LogP contribution in [0.2, 0.25) is 0 Å². The molecule has 1 saturated carbocycles. The topological polar surface area (TPSA) is 80.7 Å². The van der Waals surface area contributed by atoms with Crippen molar-refractivity contribution in [1.82, 2.24) is 0 Å². The van der Waals surface area contributed by atoms with E-state index in [-0.39, 0.29) is 41.4 Å². The number of allylic oxidation sites excluding steroid dienone is 2. The van der Waals surface area contributed by atoms with Gasteiger partial charge in [0.1, 0.15) is 11.9 Å². The van der Waals surface area contributed by atoms with Gasteiger partial charge in [-0.2, -0.15) is 0 Å². The first kappa shape index (κ1) is 28.8. The molecule has 3 aliphatic rings. The van der Waals surface area contributed by atoms with Crippen molar-refractivity contribution in [2.24, 2.45) is 34.0 Å². The van der Waals surface area contributed by atoms with E-state index in [1.807, 2.05) is 19.9 Å². The molecular formula is C31H48O5. The summed E-state index contributed by atoms with van der Waals surface area (Å²) < 4.78 is 6.09. The highest BCUT2D eigenvalue weighted by Crippen LogP contribution is 2.64. The fourth-order valence-corrected chi connectivity index (χ4v) is 7.48. The van der Waals surface area contributed by atoms with E-state index in [1.165, 1.54) is 0 Å². The lowest BCUT2D eigenvalue weighted by atomic mass is 9.56. The Balaban J connectivity index is 2.07. The molecule has 0 amide bonds. The number of ether oxygens (including phenoxy) is 1. The van der Waals surface area contributed by atoms with Gasteiger partial charge in [0.15, 0.2) is 5.78 Å². The molecule has 0 saturated heterocycles. The number of carbonyl (C=O) groups excluding carboxylic acids is 3. The highest BCUT2D eigenvalue weighted by Gasteiger charge is 2.65. The second-order valence-electron chi connectivity index (χ2n) is 12.7. The van der Waals surface area contributed by atoms with Gasteiger partial charge in [0.2, 0.25) is 0 Å². The summed E-state index contributed by atoms with van der Waals surface area (Å²) in [6.07, 6.45) is 9.95. The number of hydrogen-bond acceptors (Lipinski definition) is 5. The van der Waals surface area contributed by atoms with Gasteiger partial charge >= 0.3 is 5.97 Å². The second-order valence-corrected chi connectivity index (χ2v) is 12.7. The maximum Gasteiger partial charge on any atom is 0.306 e. The molecule has 0 aromatic carbocycles. The maximum atomic E-state index is 14.6. The van der Waals surface area contributed by atoms with Gasteiger partial charge < -0.3 is 9.84 Å². The van der Waals surface area contributed by atoms with Gasteiger partial charge in [-0.1, -0.05) is 66.5 Å². The Morgan fingerprint density at radius 3 is 2.42 bits per heavy atom. The summed E-state index contributed by atoms with van der Waals surface area (Å²) in [6, 6.07) is 0. The van der Waals surface area contributed by atoms with Gasteiger partial charge in [-0.15, -0.1) is 0 Å². The Morgan fingerprint density at radius 2 is 1.81 bits per heavy atom. The standard InChI is InChI=1S/C31H48O5/c1-8-10-11-13-26(34)36-27-20(3)16-31-21(4)17-30(7,18-23(33)12-9-2)29(5,6)25(28(31)35)15-22(19-32)14-24(27)31/h15-16,21,24-25,27,32H,8-14,17-19H2,1-7H3/t21-,24?,25?,27?,30+,31?/m1/s1. The fourth-order valence-electron chi connectivity index (χ4n) is 7.48. The molecule has 2 bridgehead atoms.